The van der Waals surface area contributed by atoms with Gasteiger partial charge < -0.3 is 5.73 Å². The monoisotopic (exact) mass is 355 g/mol. The summed E-state index contributed by atoms with van der Waals surface area (Å²) in [5.74, 6) is -0.292. The number of nitrogens with zero attached hydrogens (tertiary/aromatic N) is 2. The molecule has 1 amide bonds. The van der Waals surface area contributed by atoms with Crippen molar-refractivity contribution in [2.24, 2.45) is 5.73 Å². The molecule has 11 heteroatoms. The standard InChI is InChI=1S/C10H17N5O3S2.ClH/c1-20(17,18)15-9-14-13-8(19-9)12-7(16)10(11)5-3-2-4-6-10;/h2-6,11H2,1H3,(H,14,15)(H,12,13,16);1H. The van der Waals surface area contributed by atoms with Gasteiger partial charge in [-0.05, 0) is 12.8 Å². The molecular weight excluding hydrogens is 338 g/mol. The predicted octanol–water partition coefficient (Wildman–Crippen LogP) is 0.931. The first-order chi connectivity index (χ1) is 9.28. The van der Waals surface area contributed by atoms with Crippen molar-refractivity contribution in [3.63, 3.8) is 0 Å². The fourth-order valence-corrected chi connectivity index (χ4v) is 3.57. The van der Waals surface area contributed by atoms with Crippen LogP contribution in [0.5, 0.6) is 0 Å². The van der Waals surface area contributed by atoms with Gasteiger partial charge in [-0.2, -0.15) is 0 Å². The second kappa shape index (κ2) is 6.86. The highest BCUT2D eigenvalue weighted by Gasteiger charge is 2.35. The fraction of sp³-hybridized carbons (Fsp3) is 0.700. The number of carbonyl (C=O) groups is 1. The van der Waals surface area contributed by atoms with Crippen LogP contribution in [0.4, 0.5) is 10.3 Å². The molecule has 0 spiro atoms. The first-order valence-corrected chi connectivity index (χ1v) is 8.91. The Labute approximate surface area is 133 Å². The van der Waals surface area contributed by atoms with E-state index in [1.165, 1.54) is 0 Å². The highest BCUT2D eigenvalue weighted by Crippen LogP contribution is 2.28. The second-order valence-corrected chi connectivity index (χ2v) is 7.68. The lowest BCUT2D eigenvalue weighted by atomic mass is 9.82. The second-order valence-electron chi connectivity index (χ2n) is 4.96. The molecule has 0 aliphatic heterocycles. The molecule has 21 heavy (non-hydrogen) atoms. The van der Waals surface area contributed by atoms with Gasteiger partial charge in [-0.25, -0.2) is 8.42 Å². The number of nitrogens with one attached hydrogen (secondary N) is 2. The molecule has 0 radical (unpaired) electrons. The molecule has 1 aromatic rings. The molecule has 8 nitrogen and oxygen atoms in total. The number of halogens is 1. The zero-order valence-corrected chi connectivity index (χ0v) is 13.9. The summed E-state index contributed by atoms with van der Waals surface area (Å²) in [6, 6.07) is 0. The van der Waals surface area contributed by atoms with Crippen molar-refractivity contribution in [3.8, 4) is 0 Å². The van der Waals surface area contributed by atoms with Gasteiger partial charge in [0.05, 0.1) is 11.8 Å². The lowest BCUT2D eigenvalue weighted by Crippen LogP contribution is -2.52. The number of anilines is 2. The van der Waals surface area contributed by atoms with Crippen LogP contribution >= 0.6 is 23.7 Å². The molecule has 1 aliphatic rings. The van der Waals surface area contributed by atoms with Crippen molar-refractivity contribution >= 4 is 49.9 Å². The highest BCUT2D eigenvalue weighted by atomic mass is 35.5. The first-order valence-electron chi connectivity index (χ1n) is 6.20. The topological polar surface area (TPSA) is 127 Å². The quantitative estimate of drug-likeness (QED) is 0.737. The number of aromatic nitrogens is 2. The number of rotatable bonds is 4. The summed E-state index contributed by atoms with van der Waals surface area (Å²) in [5.41, 5.74) is 5.23. The molecule has 0 bridgehead atoms. The van der Waals surface area contributed by atoms with Gasteiger partial charge in [0.2, 0.25) is 26.2 Å². The normalized spacial score (nSPS) is 17.6. The summed E-state index contributed by atoms with van der Waals surface area (Å²) in [5, 5.41) is 10.3. The van der Waals surface area contributed by atoms with E-state index in [1.54, 1.807) is 0 Å². The zero-order valence-electron chi connectivity index (χ0n) is 11.5. The minimum atomic E-state index is -3.40. The van der Waals surface area contributed by atoms with Gasteiger partial charge in [0.25, 0.3) is 0 Å². The Morgan fingerprint density at radius 2 is 1.81 bits per heavy atom. The Bertz CT molecular complexity index is 598. The molecule has 0 saturated heterocycles. The van der Waals surface area contributed by atoms with E-state index in [1.807, 2.05) is 0 Å². The van der Waals surface area contributed by atoms with E-state index in [2.05, 4.69) is 20.2 Å². The summed E-state index contributed by atoms with van der Waals surface area (Å²) >= 11 is 0.951. The van der Waals surface area contributed by atoms with E-state index in [0.717, 1.165) is 36.9 Å². The number of nitrogens with two attached hydrogens (primary N) is 1. The summed E-state index contributed by atoms with van der Waals surface area (Å²) in [4.78, 5) is 12.1. The van der Waals surface area contributed by atoms with Gasteiger partial charge >= 0.3 is 0 Å². The molecule has 4 N–H and O–H groups in total. The van der Waals surface area contributed by atoms with Gasteiger partial charge in [-0.1, -0.05) is 30.6 Å². The van der Waals surface area contributed by atoms with E-state index in [9.17, 15) is 13.2 Å². The van der Waals surface area contributed by atoms with Gasteiger partial charge in [-0.15, -0.1) is 22.6 Å². The van der Waals surface area contributed by atoms with Crippen molar-refractivity contribution in [2.75, 3.05) is 16.3 Å². The Balaban J connectivity index is 0.00000220. The Kier molecular flexibility index (Phi) is 5.91. The van der Waals surface area contributed by atoms with Crippen LogP contribution in [0.15, 0.2) is 0 Å². The van der Waals surface area contributed by atoms with Crippen LogP contribution in [0.1, 0.15) is 32.1 Å². The molecule has 1 aliphatic carbocycles. The summed E-state index contributed by atoms with van der Waals surface area (Å²) in [6.07, 6.45) is 5.26. The third kappa shape index (κ3) is 5.06. The van der Waals surface area contributed by atoms with Crippen LogP contribution in [0.2, 0.25) is 0 Å². The van der Waals surface area contributed by atoms with E-state index in [0.29, 0.717) is 12.8 Å². The summed E-state index contributed by atoms with van der Waals surface area (Å²) in [6.45, 7) is 0. The van der Waals surface area contributed by atoms with Gasteiger partial charge in [0, 0.05) is 0 Å². The first kappa shape index (κ1) is 18.1. The molecule has 120 valence electrons. The van der Waals surface area contributed by atoms with E-state index >= 15 is 0 Å². The highest BCUT2D eigenvalue weighted by molar-refractivity contribution is 7.92. The van der Waals surface area contributed by atoms with Gasteiger partial charge in [-0.3, -0.25) is 14.8 Å². The molecule has 0 atom stereocenters. The van der Waals surface area contributed by atoms with Crippen LogP contribution in [0, 0.1) is 0 Å². The van der Waals surface area contributed by atoms with E-state index in [4.69, 9.17) is 5.73 Å². The van der Waals surface area contributed by atoms with Crippen molar-refractivity contribution < 1.29 is 13.2 Å². The summed E-state index contributed by atoms with van der Waals surface area (Å²) < 4.78 is 24.3. The third-order valence-electron chi connectivity index (χ3n) is 3.12. The maximum Gasteiger partial charge on any atom is 0.246 e. The molecule has 1 heterocycles. The van der Waals surface area contributed by atoms with Crippen LogP contribution in [0.25, 0.3) is 0 Å². The fourth-order valence-electron chi connectivity index (χ4n) is 2.10. The average molecular weight is 356 g/mol. The van der Waals surface area contributed by atoms with Crippen molar-refractivity contribution in [3.05, 3.63) is 0 Å². The SMILES string of the molecule is CS(=O)(=O)Nc1nnc(NC(=O)C2(N)CCCCC2)s1.Cl. The smallest absolute Gasteiger partial charge is 0.246 e. The maximum atomic E-state index is 12.1. The van der Waals surface area contributed by atoms with Crippen LogP contribution in [0.3, 0.4) is 0 Å². The summed E-state index contributed by atoms with van der Waals surface area (Å²) in [7, 11) is -3.40. The number of hydrogen-bond donors (Lipinski definition) is 3. The Morgan fingerprint density at radius 3 is 2.38 bits per heavy atom. The minimum Gasteiger partial charge on any atom is -0.317 e. The van der Waals surface area contributed by atoms with Gasteiger partial charge in [0.15, 0.2) is 0 Å². The Hall–Kier alpha value is -0.970. The minimum absolute atomic E-state index is 0. The van der Waals surface area contributed by atoms with Crippen molar-refractivity contribution in [1.29, 1.82) is 0 Å². The van der Waals surface area contributed by atoms with Crippen LogP contribution in [-0.2, 0) is 14.8 Å². The number of carbonyl (C=O) groups excluding carboxylic acids is 1. The van der Waals surface area contributed by atoms with Crippen molar-refractivity contribution in [2.45, 2.75) is 37.6 Å². The van der Waals surface area contributed by atoms with Crippen molar-refractivity contribution in [1.82, 2.24) is 10.2 Å². The molecular formula is C10H18ClN5O3S2. The largest absolute Gasteiger partial charge is 0.317 e. The van der Waals surface area contributed by atoms with Gasteiger partial charge in [0.1, 0.15) is 0 Å². The number of hydrogen-bond acceptors (Lipinski definition) is 7. The maximum absolute atomic E-state index is 12.1. The molecule has 2 rings (SSSR count). The average Bonchev–Trinajstić information content (AvgIpc) is 2.75. The van der Waals surface area contributed by atoms with E-state index < -0.39 is 15.6 Å². The lowest BCUT2D eigenvalue weighted by Gasteiger charge is -2.31. The molecule has 0 aromatic carbocycles. The van der Waals surface area contributed by atoms with Crippen LogP contribution < -0.4 is 15.8 Å². The number of amides is 1. The third-order valence-corrected chi connectivity index (χ3v) is 4.56. The molecule has 1 fully saturated rings. The van der Waals surface area contributed by atoms with E-state index in [-0.39, 0.29) is 28.6 Å². The Morgan fingerprint density at radius 1 is 1.24 bits per heavy atom. The zero-order chi connectivity index (χ0) is 14.8. The predicted molar refractivity (Wildman–Crippen MR) is 84.3 cm³/mol. The molecule has 1 aromatic heterocycles. The lowest BCUT2D eigenvalue weighted by molar-refractivity contribution is -0.122. The number of sulfonamides is 1. The molecule has 0 unspecified atom stereocenters. The molecule has 1 saturated carbocycles. The van der Waals surface area contributed by atoms with Crippen LogP contribution in [-0.4, -0.2) is 36.3 Å².